The van der Waals surface area contributed by atoms with Crippen molar-refractivity contribution in [3.05, 3.63) is 57.4 Å². The minimum atomic E-state index is -0.0168. The number of rotatable bonds is 3. The van der Waals surface area contributed by atoms with Crippen molar-refractivity contribution in [3.63, 3.8) is 0 Å². The Kier molecular flexibility index (Phi) is 4.19. The zero-order valence-corrected chi connectivity index (χ0v) is 15.9. The summed E-state index contributed by atoms with van der Waals surface area (Å²) >= 11 is 5.77. The third-order valence-electron chi connectivity index (χ3n) is 5.78. The Hall–Kier alpha value is -2.67. The number of nitrogens with zero attached hydrogens (tertiary/aromatic N) is 4. The quantitative estimate of drug-likeness (QED) is 0.677. The van der Waals surface area contributed by atoms with Gasteiger partial charge in [-0.3, -0.25) is 14.2 Å². The first-order chi connectivity index (χ1) is 13.6. The van der Waals surface area contributed by atoms with E-state index in [-0.39, 0.29) is 23.6 Å². The average molecular weight is 399 g/mol. The van der Waals surface area contributed by atoms with Crippen LogP contribution in [0.1, 0.15) is 30.8 Å². The van der Waals surface area contributed by atoms with E-state index in [4.69, 9.17) is 21.1 Å². The molecule has 8 heteroatoms. The summed E-state index contributed by atoms with van der Waals surface area (Å²) in [5.41, 5.74) is 0.702. The molecule has 5 rings (SSSR count). The van der Waals surface area contributed by atoms with E-state index in [1.54, 1.807) is 10.6 Å². The summed E-state index contributed by atoms with van der Waals surface area (Å²) in [7, 11) is 0. The molecule has 7 nitrogen and oxygen atoms in total. The number of carbonyl (C=O) groups is 1. The van der Waals surface area contributed by atoms with Gasteiger partial charge in [-0.05, 0) is 25.0 Å². The van der Waals surface area contributed by atoms with Crippen molar-refractivity contribution in [1.29, 1.82) is 0 Å². The van der Waals surface area contributed by atoms with Crippen LogP contribution in [0, 0.1) is 0 Å². The standard InChI is InChI=1S/C20H19ClN4O3/c21-17-10-14(28-23-17)7-8-19(26)25-12-5-6-13(25)11-24-18(9-12)22-16-4-2-1-3-15(16)20(24)27/h1-4,10,12-13H,5-9,11H2. The molecule has 2 bridgehead atoms. The maximum absolute atomic E-state index is 13.0. The zero-order valence-electron chi connectivity index (χ0n) is 15.2. The molecule has 0 aliphatic carbocycles. The fourth-order valence-electron chi connectivity index (χ4n) is 4.49. The van der Waals surface area contributed by atoms with E-state index < -0.39 is 0 Å². The molecule has 28 heavy (non-hydrogen) atoms. The third-order valence-corrected chi connectivity index (χ3v) is 5.95. The van der Waals surface area contributed by atoms with Crippen LogP contribution < -0.4 is 5.56 Å². The molecule has 2 aliphatic heterocycles. The second-order valence-corrected chi connectivity index (χ2v) is 7.85. The SMILES string of the molecule is O=C(CCc1cc(Cl)no1)N1C2CCC1Cn1c(nc3ccccc3c1=O)C2. The highest BCUT2D eigenvalue weighted by molar-refractivity contribution is 6.29. The summed E-state index contributed by atoms with van der Waals surface area (Å²) in [6.07, 6.45) is 3.25. The Labute approximate surface area is 165 Å². The molecule has 0 spiro atoms. The van der Waals surface area contributed by atoms with E-state index >= 15 is 0 Å². The van der Waals surface area contributed by atoms with Crippen molar-refractivity contribution >= 4 is 28.4 Å². The van der Waals surface area contributed by atoms with Gasteiger partial charge in [0.2, 0.25) is 5.91 Å². The normalized spacial score (nSPS) is 21.0. The van der Waals surface area contributed by atoms with Gasteiger partial charge in [0, 0.05) is 37.9 Å². The molecule has 2 aromatic heterocycles. The molecule has 4 heterocycles. The number of amides is 1. The maximum Gasteiger partial charge on any atom is 0.261 e. The molecule has 1 fully saturated rings. The smallest absolute Gasteiger partial charge is 0.261 e. The maximum atomic E-state index is 13.0. The van der Waals surface area contributed by atoms with Crippen molar-refractivity contribution in [2.24, 2.45) is 0 Å². The highest BCUT2D eigenvalue weighted by Crippen LogP contribution is 2.31. The van der Waals surface area contributed by atoms with E-state index in [0.717, 1.165) is 24.2 Å². The molecule has 0 radical (unpaired) electrons. The molecule has 2 atom stereocenters. The monoisotopic (exact) mass is 398 g/mol. The molecule has 0 saturated carbocycles. The molecule has 1 saturated heterocycles. The second-order valence-electron chi connectivity index (χ2n) is 7.47. The third kappa shape index (κ3) is 2.90. The summed E-state index contributed by atoms with van der Waals surface area (Å²) in [6.45, 7) is 0.502. The summed E-state index contributed by atoms with van der Waals surface area (Å²) in [5.74, 6) is 1.45. The molecular weight excluding hydrogens is 380 g/mol. The van der Waals surface area contributed by atoms with Crippen LogP contribution in [0.4, 0.5) is 0 Å². The Morgan fingerprint density at radius 2 is 2.07 bits per heavy atom. The van der Waals surface area contributed by atoms with Gasteiger partial charge < -0.3 is 9.42 Å². The van der Waals surface area contributed by atoms with Crippen LogP contribution in [-0.2, 0) is 24.2 Å². The van der Waals surface area contributed by atoms with E-state index in [1.165, 1.54) is 0 Å². The lowest BCUT2D eigenvalue weighted by atomic mass is 10.1. The largest absolute Gasteiger partial charge is 0.360 e. The Bertz CT molecular complexity index is 1120. The van der Waals surface area contributed by atoms with Crippen molar-refractivity contribution in [2.45, 2.75) is 50.7 Å². The highest BCUT2D eigenvalue weighted by Gasteiger charge is 2.40. The molecule has 1 aromatic carbocycles. The number of aryl methyl sites for hydroxylation is 1. The minimum absolute atomic E-state index is 0.0168. The number of carbonyl (C=O) groups excluding carboxylic acids is 1. The van der Waals surface area contributed by atoms with Gasteiger partial charge in [-0.15, -0.1) is 0 Å². The summed E-state index contributed by atoms with van der Waals surface area (Å²) < 4.78 is 6.86. The lowest BCUT2D eigenvalue weighted by Crippen LogP contribution is -2.42. The van der Waals surface area contributed by atoms with Gasteiger partial charge in [0.15, 0.2) is 5.15 Å². The van der Waals surface area contributed by atoms with Crippen molar-refractivity contribution in [2.75, 3.05) is 0 Å². The van der Waals surface area contributed by atoms with Gasteiger partial charge in [-0.1, -0.05) is 28.9 Å². The van der Waals surface area contributed by atoms with Crippen LogP contribution >= 0.6 is 11.6 Å². The van der Waals surface area contributed by atoms with Gasteiger partial charge >= 0.3 is 0 Å². The van der Waals surface area contributed by atoms with E-state index in [1.807, 2.05) is 29.2 Å². The molecule has 1 amide bonds. The molecular formula is C20H19ClN4O3. The molecule has 0 N–H and O–H groups in total. The summed E-state index contributed by atoms with van der Waals surface area (Å²) in [4.78, 5) is 32.7. The lowest BCUT2D eigenvalue weighted by molar-refractivity contribution is -0.134. The van der Waals surface area contributed by atoms with E-state index in [0.29, 0.717) is 42.1 Å². The fraction of sp³-hybridized carbons (Fsp3) is 0.400. The number of hydrogen-bond donors (Lipinski definition) is 0. The zero-order chi connectivity index (χ0) is 19.3. The predicted octanol–water partition coefficient (Wildman–Crippen LogP) is 2.59. The van der Waals surface area contributed by atoms with Crippen molar-refractivity contribution < 1.29 is 9.32 Å². The van der Waals surface area contributed by atoms with E-state index in [2.05, 4.69) is 5.16 Å². The minimum Gasteiger partial charge on any atom is -0.360 e. The van der Waals surface area contributed by atoms with Crippen LogP contribution in [0.25, 0.3) is 10.9 Å². The van der Waals surface area contributed by atoms with Gasteiger partial charge in [0.25, 0.3) is 5.56 Å². The van der Waals surface area contributed by atoms with Crippen LogP contribution in [0.2, 0.25) is 5.15 Å². The van der Waals surface area contributed by atoms with Gasteiger partial charge in [-0.25, -0.2) is 4.98 Å². The van der Waals surface area contributed by atoms with Gasteiger partial charge in [-0.2, -0.15) is 0 Å². The van der Waals surface area contributed by atoms with Gasteiger partial charge in [0.1, 0.15) is 11.6 Å². The molecule has 2 aliphatic rings. The lowest BCUT2D eigenvalue weighted by Gasteiger charge is -2.27. The van der Waals surface area contributed by atoms with E-state index in [9.17, 15) is 9.59 Å². The first-order valence-electron chi connectivity index (χ1n) is 9.51. The van der Waals surface area contributed by atoms with Crippen molar-refractivity contribution in [3.8, 4) is 0 Å². The number of benzene rings is 1. The predicted molar refractivity (Wildman–Crippen MR) is 103 cm³/mol. The van der Waals surface area contributed by atoms with Crippen LogP contribution in [0.15, 0.2) is 39.6 Å². The Morgan fingerprint density at radius 3 is 2.89 bits per heavy atom. The summed E-state index contributed by atoms with van der Waals surface area (Å²) in [6, 6.07) is 9.16. The Morgan fingerprint density at radius 1 is 1.25 bits per heavy atom. The molecule has 3 aromatic rings. The first-order valence-corrected chi connectivity index (χ1v) is 9.88. The average Bonchev–Trinajstić information content (AvgIpc) is 3.23. The number of aromatic nitrogens is 3. The number of halogens is 1. The van der Waals surface area contributed by atoms with Crippen LogP contribution in [-0.4, -0.2) is 37.6 Å². The number of fused-ring (bicyclic) bond motifs is 4. The first kappa shape index (κ1) is 17.4. The van der Waals surface area contributed by atoms with Crippen LogP contribution in [0.3, 0.4) is 0 Å². The molecule has 144 valence electrons. The van der Waals surface area contributed by atoms with Gasteiger partial charge in [0.05, 0.1) is 16.9 Å². The van der Waals surface area contributed by atoms with Crippen molar-refractivity contribution in [1.82, 2.24) is 19.6 Å². The summed E-state index contributed by atoms with van der Waals surface area (Å²) in [5, 5.41) is 4.57. The molecule has 2 unspecified atom stereocenters. The van der Waals surface area contributed by atoms with Crippen LogP contribution in [0.5, 0.6) is 0 Å². The topological polar surface area (TPSA) is 81.2 Å². The Balaban J connectivity index is 1.42. The number of hydrogen-bond acceptors (Lipinski definition) is 5. The fourth-order valence-corrected chi connectivity index (χ4v) is 4.65. The highest BCUT2D eigenvalue weighted by atomic mass is 35.5. The second kappa shape index (κ2) is 6.74. The number of para-hydroxylation sites is 1.